The molecule has 1 amide bonds. The number of rotatable bonds is 6. The van der Waals surface area contributed by atoms with Crippen LogP contribution in [0.5, 0.6) is 0 Å². The number of amides is 1. The number of pyridine rings is 1. The van der Waals surface area contributed by atoms with Crippen molar-refractivity contribution in [2.75, 3.05) is 0 Å². The number of hydrogen-bond acceptors (Lipinski definition) is 5. The Bertz CT molecular complexity index is 1080. The predicted octanol–water partition coefficient (Wildman–Crippen LogP) is 2.65. The van der Waals surface area contributed by atoms with Crippen LogP contribution in [0.3, 0.4) is 0 Å². The van der Waals surface area contributed by atoms with E-state index in [0.717, 1.165) is 22.7 Å². The van der Waals surface area contributed by atoms with Gasteiger partial charge in [-0.1, -0.05) is 6.07 Å². The van der Waals surface area contributed by atoms with Crippen LogP contribution in [0.1, 0.15) is 33.1 Å². The summed E-state index contributed by atoms with van der Waals surface area (Å²) in [6.07, 6.45) is 6.36. The van der Waals surface area contributed by atoms with E-state index in [9.17, 15) is 4.79 Å². The lowest BCUT2D eigenvalue weighted by Crippen LogP contribution is -2.24. The molecule has 1 N–H and O–H groups in total. The number of carbonyl (C=O) groups is 1. The normalized spacial score (nSPS) is 10.9. The fraction of sp³-hybridized carbons (Fsp3) is 0.200. The minimum atomic E-state index is -0.132. The summed E-state index contributed by atoms with van der Waals surface area (Å²) in [5.74, 6) is 1.36. The van der Waals surface area contributed by atoms with E-state index < -0.39 is 0 Å². The molecule has 4 aromatic heterocycles. The van der Waals surface area contributed by atoms with E-state index in [4.69, 9.17) is 4.42 Å². The molecular formula is C20H20N6O2. The summed E-state index contributed by atoms with van der Waals surface area (Å²) in [7, 11) is 0. The Morgan fingerprint density at radius 3 is 2.89 bits per heavy atom. The first-order valence-corrected chi connectivity index (χ1v) is 8.89. The van der Waals surface area contributed by atoms with Crippen LogP contribution in [0.15, 0.2) is 59.9 Å². The van der Waals surface area contributed by atoms with Crippen LogP contribution in [0, 0.1) is 13.8 Å². The highest BCUT2D eigenvalue weighted by Gasteiger charge is 2.17. The maximum Gasteiger partial charge on any atom is 0.253 e. The average Bonchev–Trinajstić information content (AvgIpc) is 3.46. The Labute approximate surface area is 161 Å². The first-order valence-electron chi connectivity index (χ1n) is 8.89. The lowest BCUT2D eigenvalue weighted by molar-refractivity contribution is 0.0950. The largest absolute Gasteiger partial charge is 0.467 e. The Hall–Kier alpha value is -3.68. The molecule has 0 aliphatic rings. The number of nitrogens with zero attached hydrogens (tertiary/aromatic N) is 5. The van der Waals surface area contributed by atoms with E-state index in [-0.39, 0.29) is 5.91 Å². The molecule has 0 aliphatic heterocycles. The van der Waals surface area contributed by atoms with Gasteiger partial charge in [0.2, 0.25) is 0 Å². The zero-order chi connectivity index (χ0) is 19.5. The third-order valence-electron chi connectivity index (χ3n) is 4.65. The van der Waals surface area contributed by atoms with Crippen molar-refractivity contribution in [2.24, 2.45) is 0 Å². The molecule has 0 spiro atoms. The molecule has 0 unspecified atom stereocenters. The van der Waals surface area contributed by atoms with Gasteiger partial charge >= 0.3 is 0 Å². The maximum atomic E-state index is 12.8. The van der Waals surface area contributed by atoms with E-state index in [0.29, 0.717) is 24.5 Å². The van der Waals surface area contributed by atoms with Crippen molar-refractivity contribution in [2.45, 2.75) is 26.9 Å². The first-order chi connectivity index (χ1) is 13.6. The summed E-state index contributed by atoms with van der Waals surface area (Å²) in [6, 6.07) is 9.42. The van der Waals surface area contributed by atoms with Crippen LogP contribution in [0.4, 0.5) is 0 Å². The fourth-order valence-electron chi connectivity index (χ4n) is 3.20. The van der Waals surface area contributed by atoms with Crippen molar-refractivity contribution in [3.05, 3.63) is 83.7 Å². The molecule has 142 valence electrons. The molecule has 8 nitrogen and oxygen atoms in total. The second kappa shape index (κ2) is 7.51. The van der Waals surface area contributed by atoms with Gasteiger partial charge in [-0.25, -0.2) is 14.6 Å². The van der Waals surface area contributed by atoms with E-state index in [2.05, 4.69) is 25.0 Å². The summed E-state index contributed by atoms with van der Waals surface area (Å²) in [5, 5.41) is 7.10. The Morgan fingerprint density at radius 1 is 1.25 bits per heavy atom. The van der Waals surface area contributed by atoms with Crippen LogP contribution >= 0.6 is 0 Å². The van der Waals surface area contributed by atoms with Crippen molar-refractivity contribution in [3.63, 3.8) is 0 Å². The van der Waals surface area contributed by atoms with Gasteiger partial charge in [-0.2, -0.15) is 5.10 Å². The molecule has 0 aromatic carbocycles. The second-order valence-corrected chi connectivity index (χ2v) is 6.46. The topological polar surface area (TPSA) is 90.8 Å². The SMILES string of the molecule is Cc1cc(C(=O)NCc2cccnc2-n2cncn2)c(C)n1Cc1ccco1. The summed E-state index contributed by atoms with van der Waals surface area (Å²) in [5.41, 5.74) is 3.40. The van der Waals surface area contributed by atoms with Gasteiger partial charge in [0.05, 0.1) is 18.4 Å². The van der Waals surface area contributed by atoms with Crippen molar-refractivity contribution in [3.8, 4) is 5.82 Å². The van der Waals surface area contributed by atoms with E-state index >= 15 is 0 Å². The number of aromatic nitrogens is 5. The van der Waals surface area contributed by atoms with Crippen molar-refractivity contribution in [1.82, 2.24) is 29.6 Å². The number of hydrogen-bond donors (Lipinski definition) is 1. The van der Waals surface area contributed by atoms with Gasteiger partial charge < -0.3 is 14.3 Å². The quantitative estimate of drug-likeness (QED) is 0.559. The summed E-state index contributed by atoms with van der Waals surface area (Å²) >= 11 is 0. The average molecular weight is 376 g/mol. The van der Waals surface area contributed by atoms with E-state index in [1.165, 1.54) is 6.33 Å². The highest BCUT2D eigenvalue weighted by molar-refractivity contribution is 5.95. The molecule has 0 bridgehead atoms. The minimum Gasteiger partial charge on any atom is -0.467 e. The highest BCUT2D eigenvalue weighted by atomic mass is 16.3. The van der Waals surface area contributed by atoms with Crippen LogP contribution < -0.4 is 5.32 Å². The van der Waals surface area contributed by atoms with Crippen molar-refractivity contribution in [1.29, 1.82) is 0 Å². The number of nitrogens with one attached hydrogen (secondary N) is 1. The molecular weight excluding hydrogens is 356 g/mol. The minimum absolute atomic E-state index is 0.132. The van der Waals surface area contributed by atoms with Gasteiger partial charge in [0.25, 0.3) is 5.91 Å². The summed E-state index contributed by atoms with van der Waals surface area (Å²) < 4.78 is 9.08. The fourth-order valence-corrected chi connectivity index (χ4v) is 3.20. The molecule has 4 rings (SSSR count). The monoisotopic (exact) mass is 376 g/mol. The van der Waals surface area contributed by atoms with E-state index in [1.807, 2.05) is 44.2 Å². The van der Waals surface area contributed by atoms with Gasteiger partial charge in [0.15, 0.2) is 5.82 Å². The molecule has 28 heavy (non-hydrogen) atoms. The third kappa shape index (κ3) is 3.44. The van der Waals surface area contributed by atoms with Crippen LogP contribution in [0.25, 0.3) is 5.82 Å². The van der Waals surface area contributed by atoms with Gasteiger partial charge in [-0.05, 0) is 38.1 Å². The molecule has 0 fully saturated rings. The lowest BCUT2D eigenvalue weighted by atomic mass is 10.2. The van der Waals surface area contributed by atoms with Gasteiger partial charge in [0, 0.05) is 29.7 Å². The van der Waals surface area contributed by atoms with Gasteiger partial charge in [-0.15, -0.1) is 0 Å². The number of carbonyl (C=O) groups excluding carboxylic acids is 1. The Morgan fingerprint density at radius 2 is 2.14 bits per heavy atom. The standard InChI is InChI=1S/C20H20N6O2/c1-14-9-18(15(2)25(14)11-17-6-4-8-28-17)20(27)23-10-16-5-3-7-22-19(16)26-13-21-12-24-26/h3-9,12-13H,10-11H2,1-2H3,(H,23,27). The third-order valence-corrected chi connectivity index (χ3v) is 4.65. The van der Waals surface area contributed by atoms with E-state index in [1.54, 1.807) is 23.5 Å². The lowest BCUT2D eigenvalue weighted by Gasteiger charge is -2.10. The number of aryl methyl sites for hydroxylation is 1. The summed E-state index contributed by atoms with van der Waals surface area (Å²) in [4.78, 5) is 21.1. The predicted molar refractivity (Wildman–Crippen MR) is 102 cm³/mol. The van der Waals surface area contributed by atoms with Crippen LogP contribution in [-0.2, 0) is 13.1 Å². The molecule has 4 aromatic rings. The van der Waals surface area contributed by atoms with Gasteiger partial charge in [-0.3, -0.25) is 4.79 Å². The number of furan rings is 1. The smallest absolute Gasteiger partial charge is 0.253 e. The summed E-state index contributed by atoms with van der Waals surface area (Å²) in [6.45, 7) is 4.85. The molecule has 4 heterocycles. The zero-order valence-electron chi connectivity index (χ0n) is 15.7. The van der Waals surface area contributed by atoms with Crippen LogP contribution in [-0.4, -0.2) is 30.2 Å². The molecule has 8 heteroatoms. The van der Waals surface area contributed by atoms with Crippen molar-refractivity contribution >= 4 is 5.91 Å². The molecule has 0 saturated heterocycles. The molecule has 0 radical (unpaired) electrons. The van der Waals surface area contributed by atoms with Gasteiger partial charge in [0.1, 0.15) is 18.4 Å². The Balaban J connectivity index is 1.51. The van der Waals surface area contributed by atoms with Crippen LogP contribution in [0.2, 0.25) is 0 Å². The second-order valence-electron chi connectivity index (χ2n) is 6.46. The molecule has 0 atom stereocenters. The first kappa shape index (κ1) is 17.7. The highest BCUT2D eigenvalue weighted by Crippen LogP contribution is 2.18. The molecule has 0 aliphatic carbocycles. The molecule has 0 saturated carbocycles. The zero-order valence-corrected chi connectivity index (χ0v) is 15.7. The van der Waals surface area contributed by atoms with Crippen molar-refractivity contribution < 1.29 is 9.21 Å². The maximum absolute atomic E-state index is 12.8. The Kier molecular flexibility index (Phi) is 4.76.